The van der Waals surface area contributed by atoms with Gasteiger partial charge in [0.25, 0.3) is 0 Å². The Kier molecular flexibility index (Phi) is 107. The first kappa shape index (κ1) is 22.4. The molecular formula is C2H8I5-. The van der Waals surface area contributed by atoms with Crippen LogP contribution in [0.4, 0.5) is 0 Å². The molecule has 0 aliphatic heterocycles. The molecule has 5 heteroatoms. The normalized spacial score (nSPS) is 4.00. The Bertz CT molecular complexity index is 6.04. The van der Waals surface area contributed by atoms with Crippen molar-refractivity contribution in [1.29, 1.82) is 0 Å². The predicted octanol–water partition coefficient (Wildman–Crippen LogP) is 1.08. The van der Waals surface area contributed by atoms with E-state index in [1.54, 1.807) is 0 Å². The van der Waals surface area contributed by atoms with Gasteiger partial charge in [-0.25, -0.2) is 0 Å². The number of rotatable bonds is 0. The molecule has 52 valence electrons. The summed E-state index contributed by atoms with van der Waals surface area (Å²) in [4.78, 5) is 1.97. The molecule has 0 N–H and O–H groups in total. The van der Waals surface area contributed by atoms with Gasteiger partial charge in [-0.05, 0) is 4.93 Å². The van der Waals surface area contributed by atoms with Crippen LogP contribution in [0.1, 0.15) is 7.43 Å². The van der Waals surface area contributed by atoms with Crippen LogP contribution < -0.4 is 13.3 Å². The second kappa shape index (κ2) is 33.4. The van der Waals surface area contributed by atoms with Crippen LogP contribution in [0.25, 0.3) is 0 Å². The molecule has 0 radical (unpaired) electrons. The van der Waals surface area contributed by atoms with Crippen molar-refractivity contribution in [2.45, 2.75) is 7.43 Å². The summed E-state index contributed by atoms with van der Waals surface area (Å²) in [5.74, 6) is 0. The molecule has 0 bridgehead atoms. The van der Waals surface area contributed by atoms with Gasteiger partial charge in [0, 0.05) is 0 Å². The maximum atomic E-state index is 2.39. The van der Waals surface area contributed by atoms with Gasteiger partial charge in [-0.3, -0.25) is 0 Å². The van der Waals surface area contributed by atoms with E-state index in [-0.39, 0.29) is 31.4 Å². The predicted molar refractivity (Wildman–Crippen MR) is 70.1 cm³/mol. The Hall–Kier alpha value is 3.65. The molecular weight excluding hydrogens is 659 g/mol. The molecule has 0 fully saturated rings. The Morgan fingerprint density at radius 2 is 1.14 bits per heavy atom. The summed E-state index contributed by atoms with van der Waals surface area (Å²) in [5.41, 5.74) is 0. The van der Waals surface area contributed by atoms with Crippen molar-refractivity contribution in [2.75, 3.05) is 4.93 Å². The first-order valence-corrected chi connectivity index (χ1v) is 15.4. The summed E-state index contributed by atoms with van der Waals surface area (Å²) in [5, 5.41) is 0. The quantitative estimate of drug-likeness (QED) is 0.269. The van der Waals surface area contributed by atoms with E-state index in [4.69, 9.17) is 0 Å². The van der Waals surface area contributed by atoms with Gasteiger partial charge in [0.15, 0.2) is 0 Å². The van der Waals surface area contributed by atoms with Crippen LogP contribution >= 0.6 is 83.8 Å². The fourth-order valence-electron chi connectivity index (χ4n) is 0. The molecule has 0 aliphatic carbocycles. The van der Waals surface area contributed by atoms with Crippen molar-refractivity contribution in [2.24, 2.45) is 0 Å². The van der Waals surface area contributed by atoms with E-state index in [9.17, 15) is 0 Å². The molecule has 0 amide bonds. The molecule has 0 saturated carbocycles. The van der Waals surface area contributed by atoms with Crippen LogP contribution in [-0.4, -0.2) is 4.93 Å². The molecule has 0 atom stereocenters. The summed E-state index contributed by atoms with van der Waals surface area (Å²) < 4.78 is 0. The van der Waals surface area contributed by atoms with E-state index in [0.717, 1.165) is 0 Å². The molecule has 0 aliphatic rings. The molecule has 0 heterocycles. The molecule has 0 spiro atoms. The fourth-order valence-corrected chi connectivity index (χ4v) is 0. The molecule has 0 nitrogen and oxygen atoms in total. The summed E-state index contributed by atoms with van der Waals surface area (Å²) >= 11 is 7.45. The van der Waals surface area contributed by atoms with E-state index in [2.05, 4.69) is 59.8 Å². The van der Waals surface area contributed by atoms with Gasteiger partial charge in [0.2, 0.25) is 0 Å². The monoisotopic (exact) mass is 667 g/mol. The van der Waals surface area contributed by atoms with E-state index < -0.39 is 0 Å². The Morgan fingerprint density at radius 3 is 1.14 bits per heavy atom. The van der Waals surface area contributed by atoms with Crippen molar-refractivity contribution >= 4 is 83.8 Å². The molecule has 0 unspecified atom stereocenters. The maximum absolute atomic E-state index is 2.39. The third-order valence-corrected chi connectivity index (χ3v) is 0. The van der Waals surface area contributed by atoms with Crippen LogP contribution in [0.3, 0.4) is 0 Å². The van der Waals surface area contributed by atoms with Crippen LogP contribution in [0.15, 0.2) is 0 Å². The van der Waals surface area contributed by atoms with E-state index in [1.807, 2.05) is 4.93 Å². The third kappa shape index (κ3) is 42.4. The van der Waals surface area contributed by atoms with Crippen LogP contribution in [-0.2, 0) is 0 Å². The van der Waals surface area contributed by atoms with Crippen molar-refractivity contribution < 1.29 is 13.3 Å². The first-order chi connectivity index (χ1) is 2.41. The number of hydrogen-bond donors (Lipinski definition) is 0. The Balaban J connectivity index is -0.0000000105. The second-order valence-corrected chi connectivity index (χ2v) is 16.3. The van der Waals surface area contributed by atoms with Crippen molar-refractivity contribution in [3.8, 4) is 0 Å². The van der Waals surface area contributed by atoms with E-state index >= 15 is 0 Å². The van der Waals surface area contributed by atoms with Gasteiger partial charge in [0.05, 0.1) is 0 Å². The molecule has 0 aromatic carbocycles. The van der Waals surface area contributed by atoms with Gasteiger partial charge in [-0.2, -0.15) is 0 Å². The van der Waals surface area contributed by atoms with Crippen LogP contribution in [0.5, 0.6) is 0 Å². The minimum atomic E-state index is 0. The van der Waals surface area contributed by atoms with Crippen LogP contribution in [0.2, 0.25) is 0 Å². The van der Waals surface area contributed by atoms with Gasteiger partial charge in [-0.1, -0.05) is 30.0 Å². The molecule has 7 heavy (non-hydrogen) atoms. The summed E-state index contributed by atoms with van der Waals surface area (Å²) in [6, 6.07) is 0. The van der Waals surface area contributed by atoms with Crippen molar-refractivity contribution in [3.05, 3.63) is 0 Å². The first-order valence-electron chi connectivity index (χ1n) is 0.664. The average Bonchev–Trinajstić information content (AvgIpc) is 1.46. The van der Waals surface area contributed by atoms with Gasteiger partial charge >= 0.3 is 50.5 Å². The van der Waals surface area contributed by atoms with Crippen molar-refractivity contribution in [3.63, 3.8) is 0 Å². The Labute approximate surface area is 107 Å². The van der Waals surface area contributed by atoms with E-state index in [0.29, 0.717) is 13.3 Å². The fraction of sp³-hybridized carbons (Fsp3) is 1.00. The van der Waals surface area contributed by atoms with Crippen LogP contribution in [0, 0.1) is 0 Å². The number of halogens is 5. The Morgan fingerprint density at radius 1 is 1.14 bits per heavy atom. The topological polar surface area (TPSA) is 0 Å². The SMILES string of the molecule is C.CI.I.I[I-]I. The molecule has 0 aromatic heterocycles. The van der Waals surface area contributed by atoms with E-state index in [1.165, 1.54) is 0 Å². The molecule has 0 rings (SSSR count). The van der Waals surface area contributed by atoms with Gasteiger partial charge in [-0.15, -0.1) is 24.0 Å². The molecule has 0 aromatic rings. The molecule has 0 saturated heterocycles. The average molecular weight is 667 g/mol. The second-order valence-electron chi connectivity index (χ2n) is 0.0540. The standard InChI is InChI=1S/CH3I.CH4.I3.HI/c1-2;;1-3-2;/h1H3;1H4;;1H/q;;-1;. The van der Waals surface area contributed by atoms with Crippen molar-refractivity contribution in [1.82, 2.24) is 0 Å². The zero-order valence-electron chi connectivity index (χ0n) is 2.92. The third-order valence-electron chi connectivity index (χ3n) is 0. The summed E-state index contributed by atoms with van der Waals surface area (Å²) in [6.45, 7) is 0. The zero-order chi connectivity index (χ0) is 4.71. The number of hydrogen-bond acceptors (Lipinski definition) is 0. The van der Waals surface area contributed by atoms with Gasteiger partial charge < -0.3 is 0 Å². The zero-order valence-corrected chi connectivity index (χ0v) is 13.9. The minimum absolute atomic E-state index is 0. The summed E-state index contributed by atoms with van der Waals surface area (Å²) in [6.07, 6.45) is 0. The number of alkyl halides is 1. The summed E-state index contributed by atoms with van der Waals surface area (Å²) in [7, 11) is 0. The van der Waals surface area contributed by atoms with Gasteiger partial charge in [0.1, 0.15) is 0 Å².